The molecule has 1 fully saturated rings. The maximum atomic E-state index is 12.4. The van der Waals surface area contributed by atoms with Crippen molar-refractivity contribution in [1.82, 2.24) is 14.5 Å². The van der Waals surface area contributed by atoms with Gasteiger partial charge in [-0.15, -0.1) is 0 Å². The number of hydrogen-bond donors (Lipinski definition) is 1. The Bertz CT molecular complexity index is 540. The lowest BCUT2D eigenvalue weighted by molar-refractivity contribution is 0.423. The number of hydrogen-bond acceptors (Lipinski definition) is 4. The summed E-state index contributed by atoms with van der Waals surface area (Å²) in [6.45, 7) is 3.95. The van der Waals surface area contributed by atoms with Gasteiger partial charge in [-0.1, -0.05) is 12.8 Å². The molecule has 1 aromatic rings. The molecule has 0 bridgehead atoms. The van der Waals surface area contributed by atoms with Crippen molar-refractivity contribution in [1.29, 1.82) is 0 Å². The van der Waals surface area contributed by atoms with Gasteiger partial charge in [0.1, 0.15) is 4.90 Å². The molecule has 114 valence electrons. The molecule has 0 aliphatic heterocycles. The summed E-state index contributed by atoms with van der Waals surface area (Å²) in [5.74, 6) is 0. The molecule has 1 aromatic heterocycles. The summed E-state index contributed by atoms with van der Waals surface area (Å²) in [6.07, 6.45) is 9.37. The second-order valence-corrected chi connectivity index (χ2v) is 8.33. The van der Waals surface area contributed by atoms with E-state index in [0.29, 0.717) is 5.25 Å². The Morgan fingerprint density at radius 2 is 2.10 bits per heavy atom. The van der Waals surface area contributed by atoms with Crippen molar-refractivity contribution in [3.63, 3.8) is 0 Å². The third-order valence-corrected chi connectivity index (χ3v) is 6.34. The fourth-order valence-electron chi connectivity index (χ4n) is 2.52. The lowest BCUT2D eigenvalue weighted by atomic mass is 9.96. The molecule has 2 rings (SSSR count). The molecule has 1 heterocycles. The van der Waals surface area contributed by atoms with Crippen LogP contribution in [-0.4, -0.2) is 35.7 Å². The average Bonchev–Trinajstić information content (AvgIpc) is 2.89. The maximum Gasteiger partial charge on any atom is 0.243 e. The van der Waals surface area contributed by atoms with Gasteiger partial charge in [0.05, 0.1) is 6.20 Å². The van der Waals surface area contributed by atoms with E-state index < -0.39 is 10.0 Å². The highest BCUT2D eigenvalue weighted by atomic mass is 32.2. The Balaban J connectivity index is 2.13. The van der Waals surface area contributed by atoms with Crippen molar-refractivity contribution >= 4 is 21.8 Å². The minimum absolute atomic E-state index is 0.0335. The summed E-state index contributed by atoms with van der Waals surface area (Å²) >= 11 is 1.75. The van der Waals surface area contributed by atoms with E-state index in [1.165, 1.54) is 12.6 Å². The van der Waals surface area contributed by atoms with Gasteiger partial charge < -0.3 is 0 Å². The Labute approximate surface area is 125 Å². The Morgan fingerprint density at radius 3 is 2.70 bits per heavy atom. The van der Waals surface area contributed by atoms with Crippen molar-refractivity contribution < 1.29 is 8.42 Å². The largest absolute Gasteiger partial charge is 0.269 e. The lowest BCUT2D eigenvalue weighted by Crippen LogP contribution is -2.43. The number of rotatable bonds is 5. The molecule has 0 unspecified atom stereocenters. The van der Waals surface area contributed by atoms with Crippen LogP contribution in [0.2, 0.25) is 0 Å². The summed E-state index contributed by atoms with van der Waals surface area (Å²) in [5, 5.41) is 4.48. The van der Waals surface area contributed by atoms with Gasteiger partial charge in [-0.25, -0.2) is 13.1 Å². The maximum absolute atomic E-state index is 12.4. The zero-order valence-corrected chi connectivity index (χ0v) is 13.9. The van der Waals surface area contributed by atoms with Crippen LogP contribution < -0.4 is 4.72 Å². The van der Waals surface area contributed by atoms with E-state index in [2.05, 4.69) is 9.82 Å². The van der Waals surface area contributed by atoms with E-state index in [1.54, 1.807) is 22.6 Å². The molecule has 0 spiro atoms. The van der Waals surface area contributed by atoms with E-state index >= 15 is 0 Å². The second-order valence-electron chi connectivity index (χ2n) is 5.54. The lowest BCUT2D eigenvalue weighted by Gasteiger charge is -2.30. The van der Waals surface area contributed by atoms with Gasteiger partial charge in [0.25, 0.3) is 0 Å². The summed E-state index contributed by atoms with van der Waals surface area (Å²) in [6, 6.07) is 0.193. The first-order chi connectivity index (χ1) is 9.44. The van der Waals surface area contributed by atoms with Gasteiger partial charge in [0.2, 0.25) is 10.0 Å². The predicted molar refractivity (Wildman–Crippen MR) is 82.5 cm³/mol. The number of nitrogens with one attached hydrogen (secondary N) is 1. The second kappa shape index (κ2) is 6.49. The third-order valence-electron chi connectivity index (χ3n) is 3.73. The van der Waals surface area contributed by atoms with E-state index in [9.17, 15) is 8.42 Å². The van der Waals surface area contributed by atoms with E-state index in [1.807, 2.05) is 20.1 Å². The monoisotopic (exact) mass is 317 g/mol. The molecule has 1 aliphatic rings. The number of thioether (sulfide) groups is 1. The molecule has 7 heteroatoms. The van der Waals surface area contributed by atoms with Crippen LogP contribution in [0.3, 0.4) is 0 Å². The van der Waals surface area contributed by atoms with E-state index in [0.717, 1.165) is 19.3 Å². The topological polar surface area (TPSA) is 64.0 Å². The highest BCUT2D eigenvalue weighted by Crippen LogP contribution is 2.28. The average molecular weight is 317 g/mol. The van der Waals surface area contributed by atoms with Crippen LogP contribution in [0.1, 0.15) is 45.6 Å². The van der Waals surface area contributed by atoms with Gasteiger partial charge in [-0.05, 0) is 32.9 Å². The molecule has 20 heavy (non-hydrogen) atoms. The van der Waals surface area contributed by atoms with Crippen molar-refractivity contribution in [3.8, 4) is 0 Å². The zero-order chi connectivity index (χ0) is 14.8. The van der Waals surface area contributed by atoms with Crippen molar-refractivity contribution in [2.75, 3.05) is 6.26 Å². The van der Waals surface area contributed by atoms with Gasteiger partial charge in [0.15, 0.2) is 0 Å². The predicted octanol–water partition coefficient (Wildman–Crippen LogP) is 2.42. The molecule has 1 aliphatic carbocycles. The molecular formula is C13H23N3O2S2. The first kappa shape index (κ1) is 15.9. The number of nitrogens with zero attached hydrogens (tertiary/aromatic N) is 2. The van der Waals surface area contributed by atoms with Crippen molar-refractivity contribution in [2.45, 2.75) is 61.8 Å². The number of sulfonamides is 1. The zero-order valence-electron chi connectivity index (χ0n) is 12.2. The quantitative estimate of drug-likeness (QED) is 0.906. The minimum atomic E-state index is -3.46. The summed E-state index contributed by atoms with van der Waals surface area (Å²) in [7, 11) is -3.46. The van der Waals surface area contributed by atoms with Crippen LogP contribution >= 0.6 is 11.8 Å². The Kier molecular flexibility index (Phi) is 5.14. The minimum Gasteiger partial charge on any atom is -0.269 e. The molecule has 0 radical (unpaired) electrons. The fourth-order valence-corrected chi connectivity index (χ4v) is 4.79. The molecule has 1 saturated carbocycles. The first-order valence-electron chi connectivity index (χ1n) is 7.03. The molecule has 0 amide bonds. The van der Waals surface area contributed by atoms with Gasteiger partial charge in [-0.2, -0.15) is 16.9 Å². The van der Waals surface area contributed by atoms with E-state index in [-0.39, 0.29) is 17.0 Å². The van der Waals surface area contributed by atoms with E-state index in [4.69, 9.17) is 0 Å². The van der Waals surface area contributed by atoms with Crippen LogP contribution in [0.4, 0.5) is 0 Å². The molecule has 2 atom stereocenters. The third kappa shape index (κ3) is 3.56. The summed E-state index contributed by atoms with van der Waals surface area (Å²) < 4.78 is 29.4. The van der Waals surface area contributed by atoms with Crippen LogP contribution in [0.15, 0.2) is 17.3 Å². The number of aromatic nitrogens is 2. The van der Waals surface area contributed by atoms with Gasteiger partial charge in [-0.3, -0.25) is 4.68 Å². The Hall–Kier alpha value is -0.530. The SMILES string of the molecule is CS[C@H]1CCCC[C@@H]1NS(=O)(=O)c1cnn(C(C)C)c1. The summed E-state index contributed by atoms with van der Waals surface area (Å²) in [4.78, 5) is 0.261. The standard InChI is InChI=1S/C13H23N3O2S2/c1-10(2)16-9-11(8-14-16)20(17,18)15-12-6-4-5-7-13(12)19-3/h8-10,12-13,15H,4-7H2,1-3H3/t12-,13-/m0/s1. The molecule has 0 saturated heterocycles. The molecule has 5 nitrogen and oxygen atoms in total. The molecular weight excluding hydrogens is 294 g/mol. The highest BCUT2D eigenvalue weighted by Gasteiger charge is 2.29. The van der Waals surface area contributed by atoms with Gasteiger partial charge in [0, 0.05) is 23.5 Å². The summed E-state index contributed by atoms with van der Waals surface area (Å²) in [5.41, 5.74) is 0. The molecule has 0 aromatic carbocycles. The van der Waals surface area contributed by atoms with Crippen LogP contribution in [0.25, 0.3) is 0 Å². The van der Waals surface area contributed by atoms with Crippen LogP contribution in [0, 0.1) is 0 Å². The van der Waals surface area contributed by atoms with Crippen LogP contribution in [-0.2, 0) is 10.0 Å². The van der Waals surface area contributed by atoms with Gasteiger partial charge >= 0.3 is 0 Å². The molecule has 1 N–H and O–H groups in total. The van der Waals surface area contributed by atoms with Crippen molar-refractivity contribution in [2.24, 2.45) is 0 Å². The highest BCUT2D eigenvalue weighted by molar-refractivity contribution is 7.99. The van der Waals surface area contributed by atoms with Crippen molar-refractivity contribution in [3.05, 3.63) is 12.4 Å². The fraction of sp³-hybridized carbons (Fsp3) is 0.769. The normalized spacial score (nSPS) is 24.2. The first-order valence-corrected chi connectivity index (χ1v) is 9.80. The Morgan fingerprint density at radius 1 is 1.40 bits per heavy atom. The van der Waals surface area contributed by atoms with Crippen LogP contribution in [0.5, 0.6) is 0 Å². The smallest absolute Gasteiger partial charge is 0.243 e.